The molecule has 3 nitrogen and oxygen atoms in total. The highest BCUT2D eigenvalue weighted by Crippen LogP contribution is 2.22. The fraction of sp³-hybridized carbons (Fsp3) is 0.769. The molecule has 0 atom stereocenters. The van der Waals surface area contributed by atoms with E-state index in [2.05, 4.69) is 6.58 Å². The van der Waals surface area contributed by atoms with Gasteiger partial charge in [0.1, 0.15) is 18.0 Å². The van der Waals surface area contributed by atoms with Crippen molar-refractivity contribution in [1.29, 1.82) is 0 Å². The second kappa shape index (κ2) is 5.37. The molecule has 0 N–H and O–H groups in total. The molecule has 3 heteroatoms. The van der Waals surface area contributed by atoms with Crippen molar-refractivity contribution in [2.24, 2.45) is 5.41 Å². The first-order valence-corrected chi connectivity index (χ1v) is 5.62. The van der Waals surface area contributed by atoms with Crippen LogP contribution in [0.15, 0.2) is 12.3 Å². The standard InChI is InChI=1S/C13H24O3/c1-8-13(6,7)11(14)15-9-10(2)16-12(3,4)5/h2,8-9H2,1,3-7H3. The van der Waals surface area contributed by atoms with Gasteiger partial charge in [0.15, 0.2) is 0 Å². The lowest BCUT2D eigenvalue weighted by Gasteiger charge is -2.24. The van der Waals surface area contributed by atoms with Gasteiger partial charge in [-0.2, -0.15) is 0 Å². The van der Waals surface area contributed by atoms with Gasteiger partial charge in [0.25, 0.3) is 0 Å². The Bertz CT molecular complexity index is 259. The van der Waals surface area contributed by atoms with Gasteiger partial charge in [-0.1, -0.05) is 13.5 Å². The number of carbonyl (C=O) groups is 1. The summed E-state index contributed by atoms with van der Waals surface area (Å²) in [6.45, 7) is 15.3. The molecule has 0 radical (unpaired) electrons. The third-order valence-electron chi connectivity index (χ3n) is 2.25. The van der Waals surface area contributed by atoms with Crippen molar-refractivity contribution in [1.82, 2.24) is 0 Å². The van der Waals surface area contributed by atoms with Crippen LogP contribution in [0.1, 0.15) is 48.0 Å². The summed E-state index contributed by atoms with van der Waals surface area (Å²) >= 11 is 0. The quantitative estimate of drug-likeness (QED) is 0.535. The van der Waals surface area contributed by atoms with Crippen LogP contribution in [0.5, 0.6) is 0 Å². The van der Waals surface area contributed by atoms with Gasteiger partial charge < -0.3 is 9.47 Å². The molecule has 0 unspecified atom stereocenters. The number of hydrogen-bond acceptors (Lipinski definition) is 3. The lowest BCUT2D eigenvalue weighted by Crippen LogP contribution is -2.27. The van der Waals surface area contributed by atoms with Crippen LogP contribution in [0, 0.1) is 5.41 Å². The molecule has 0 aromatic heterocycles. The molecular formula is C13H24O3. The predicted molar refractivity (Wildman–Crippen MR) is 65.0 cm³/mol. The zero-order chi connectivity index (χ0) is 13.0. The molecule has 0 saturated carbocycles. The summed E-state index contributed by atoms with van der Waals surface area (Å²) in [5, 5.41) is 0. The number of carbonyl (C=O) groups excluding carboxylic acids is 1. The van der Waals surface area contributed by atoms with Crippen molar-refractivity contribution in [2.75, 3.05) is 6.61 Å². The summed E-state index contributed by atoms with van der Waals surface area (Å²) in [5.41, 5.74) is -0.744. The molecular weight excluding hydrogens is 204 g/mol. The predicted octanol–water partition coefficient (Wildman–Crippen LogP) is 3.29. The van der Waals surface area contributed by atoms with E-state index in [-0.39, 0.29) is 18.2 Å². The zero-order valence-corrected chi connectivity index (χ0v) is 11.3. The van der Waals surface area contributed by atoms with Crippen LogP contribution < -0.4 is 0 Å². The van der Waals surface area contributed by atoms with Gasteiger partial charge >= 0.3 is 5.97 Å². The van der Waals surface area contributed by atoms with Crippen LogP contribution in [0.2, 0.25) is 0 Å². The third kappa shape index (κ3) is 5.79. The summed E-state index contributed by atoms with van der Waals surface area (Å²) in [6.07, 6.45) is 0.748. The molecule has 0 heterocycles. The van der Waals surface area contributed by atoms with Gasteiger partial charge in [-0.05, 0) is 41.0 Å². The van der Waals surface area contributed by atoms with E-state index in [1.165, 1.54) is 0 Å². The van der Waals surface area contributed by atoms with Crippen molar-refractivity contribution in [3.05, 3.63) is 12.3 Å². The zero-order valence-electron chi connectivity index (χ0n) is 11.3. The third-order valence-corrected chi connectivity index (χ3v) is 2.25. The Balaban J connectivity index is 4.08. The molecule has 16 heavy (non-hydrogen) atoms. The molecule has 0 aliphatic heterocycles. The van der Waals surface area contributed by atoms with Gasteiger partial charge in [0.2, 0.25) is 0 Å². The summed E-state index contributed by atoms with van der Waals surface area (Å²) < 4.78 is 10.6. The average molecular weight is 228 g/mol. The Hall–Kier alpha value is -0.990. The van der Waals surface area contributed by atoms with Gasteiger partial charge in [0.05, 0.1) is 5.41 Å². The van der Waals surface area contributed by atoms with Crippen molar-refractivity contribution in [3.63, 3.8) is 0 Å². The fourth-order valence-electron chi connectivity index (χ4n) is 0.948. The smallest absolute Gasteiger partial charge is 0.311 e. The van der Waals surface area contributed by atoms with E-state index in [0.717, 1.165) is 6.42 Å². The molecule has 0 spiro atoms. The van der Waals surface area contributed by atoms with Crippen molar-refractivity contribution < 1.29 is 14.3 Å². The Kier molecular flexibility index (Phi) is 5.04. The second-order valence-corrected chi connectivity index (χ2v) is 5.57. The average Bonchev–Trinajstić information content (AvgIpc) is 2.11. The molecule has 0 fully saturated rings. The minimum absolute atomic E-state index is 0.125. The Labute approximate surface area is 98.8 Å². The number of hydrogen-bond donors (Lipinski definition) is 0. The summed E-state index contributed by atoms with van der Waals surface area (Å²) in [7, 11) is 0. The van der Waals surface area contributed by atoms with Crippen molar-refractivity contribution in [2.45, 2.75) is 53.6 Å². The topological polar surface area (TPSA) is 35.5 Å². The summed E-state index contributed by atoms with van der Waals surface area (Å²) in [5.74, 6) is 0.265. The van der Waals surface area contributed by atoms with Crippen LogP contribution in [-0.2, 0) is 14.3 Å². The highest BCUT2D eigenvalue weighted by Gasteiger charge is 2.27. The number of rotatable bonds is 5. The fourth-order valence-corrected chi connectivity index (χ4v) is 0.948. The van der Waals surface area contributed by atoms with E-state index in [1.54, 1.807) is 0 Å². The first kappa shape index (κ1) is 15.0. The summed E-state index contributed by atoms with van der Waals surface area (Å²) in [4.78, 5) is 11.6. The van der Waals surface area contributed by atoms with Gasteiger partial charge in [0, 0.05) is 0 Å². The Morgan fingerprint density at radius 1 is 1.19 bits per heavy atom. The lowest BCUT2D eigenvalue weighted by atomic mass is 9.91. The minimum atomic E-state index is -0.442. The lowest BCUT2D eigenvalue weighted by molar-refractivity contribution is -0.154. The van der Waals surface area contributed by atoms with Gasteiger partial charge in [-0.3, -0.25) is 4.79 Å². The largest absolute Gasteiger partial charge is 0.489 e. The second-order valence-electron chi connectivity index (χ2n) is 5.57. The highest BCUT2D eigenvalue weighted by molar-refractivity contribution is 5.75. The molecule has 0 aromatic rings. The van der Waals surface area contributed by atoms with E-state index >= 15 is 0 Å². The van der Waals surface area contributed by atoms with E-state index in [9.17, 15) is 4.79 Å². The maximum absolute atomic E-state index is 11.6. The molecule has 94 valence electrons. The van der Waals surface area contributed by atoms with Crippen LogP contribution >= 0.6 is 0 Å². The van der Waals surface area contributed by atoms with E-state index in [0.29, 0.717) is 5.76 Å². The maximum atomic E-state index is 11.6. The van der Waals surface area contributed by atoms with Crippen LogP contribution in [0.4, 0.5) is 0 Å². The van der Waals surface area contributed by atoms with Crippen LogP contribution in [0.3, 0.4) is 0 Å². The summed E-state index contributed by atoms with van der Waals surface area (Å²) in [6, 6.07) is 0. The highest BCUT2D eigenvalue weighted by atomic mass is 16.6. The molecule has 0 aromatic carbocycles. The Morgan fingerprint density at radius 3 is 2.06 bits per heavy atom. The van der Waals surface area contributed by atoms with Crippen LogP contribution in [0.25, 0.3) is 0 Å². The number of ether oxygens (including phenoxy) is 2. The van der Waals surface area contributed by atoms with E-state index in [1.807, 2.05) is 41.5 Å². The molecule has 0 aliphatic rings. The van der Waals surface area contributed by atoms with E-state index in [4.69, 9.17) is 9.47 Å². The molecule has 0 amide bonds. The number of esters is 1. The van der Waals surface area contributed by atoms with E-state index < -0.39 is 5.41 Å². The maximum Gasteiger partial charge on any atom is 0.311 e. The molecule has 0 bridgehead atoms. The SMILES string of the molecule is C=C(COC(=O)C(C)(C)CC)OC(C)(C)C. The Morgan fingerprint density at radius 2 is 1.69 bits per heavy atom. The van der Waals surface area contributed by atoms with Crippen molar-refractivity contribution >= 4 is 5.97 Å². The monoisotopic (exact) mass is 228 g/mol. The first-order valence-electron chi connectivity index (χ1n) is 5.62. The first-order chi connectivity index (χ1) is 7.08. The minimum Gasteiger partial charge on any atom is -0.489 e. The molecule has 0 rings (SSSR count). The van der Waals surface area contributed by atoms with Gasteiger partial charge in [-0.15, -0.1) is 0 Å². The van der Waals surface area contributed by atoms with Crippen molar-refractivity contribution in [3.8, 4) is 0 Å². The molecule has 0 saturated heterocycles. The van der Waals surface area contributed by atoms with Crippen LogP contribution in [-0.4, -0.2) is 18.2 Å². The normalized spacial score (nSPS) is 12.1. The molecule has 0 aliphatic carbocycles. The van der Waals surface area contributed by atoms with Gasteiger partial charge in [-0.25, -0.2) is 0 Å².